The van der Waals surface area contributed by atoms with Gasteiger partial charge in [-0.25, -0.2) is 0 Å². The average Bonchev–Trinajstić information content (AvgIpc) is 3.39. The molecule has 2 aliphatic rings. The smallest absolute Gasteiger partial charge is 0.262 e. The minimum Gasteiger partial charge on any atom is -0.483 e. The molecule has 1 aromatic heterocycles. The number of carbonyl (C=O) groups is 2. The molecule has 1 atom stereocenters. The van der Waals surface area contributed by atoms with Crippen molar-refractivity contribution in [2.75, 3.05) is 25.1 Å². The molecule has 0 spiro atoms. The van der Waals surface area contributed by atoms with Gasteiger partial charge in [0.25, 0.3) is 11.8 Å². The summed E-state index contributed by atoms with van der Waals surface area (Å²) in [5.74, 6) is 0.355. The topological polar surface area (TPSA) is 76.7 Å². The van der Waals surface area contributed by atoms with Crippen molar-refractivity contribution in [2.45, 2.75) is 58.5 Å². The van der Waals surface area contributed by atoms with Crippen LogP contribution in [0.5, 0.6) is 5.75 Å². The molecule has 4 rings (SSSR count). The molecule has 2 amide bonds. The van der Waals surface area contributed by atoms with Crippen LogP contribution in [-0.2, 0) is 22.4 Å². The molecule has 1 aliphatic heterocycles. The zero-order chi connectivity index (χ0) is 21.8. The molecule has 1 aliphatic carbocycles. The van der Waals surface area contributed by atoms with Crippen molar-refractivity contribution in [1.82, 2.24) is 5.32 Å². The predicted molar refractivity (Wildman–Crippen MR) is 122 cm³/mol. The summed E-state index contributed by atoms with van der Waals surface area (Å²) in [6.45, 7) is 5.10. The van der Waals surface area contributed by atoms with Gasteiger partial charge in [0.05, 0.1) is 11.7 Å². The Morgan fingerprint density at radius 2 is 1.94 bits per heavy atom. The van der Waals surface area contributed by atoms with E-state index in [1.54, 1.807) is 0 Å². The fraction of sp³-hybridized carbons (Fsp3) is 0.500. The minimum atomic E-state index is -0.255. The average molecular weight is 443 g/mol. The third-order valence-electron chi connectivity index (χ3n) is 5.92. The van der Waals surface area contributed by atoms with Crippen molar-refractivity contribution in [3.05, 3.63) is 45.3 Å². The number of amides is 2. The summed E-state index contributed by atoms with van der Waals surface area (Å²) >= 11 is 1.53. The highest BCUT2D eigenvalue weighted by atomic mass is 32.1. The van der Waals surface area contributed by atoms with Gasteiger partial charge in [0.2, 0.25) is 0 Å². The highest BCUT2D eigenvalue weighted by molar-refractivity contribution is 7.17. The van der Waals surface area contributed by atoms with E-state index in [9.17, 15) is 9.59 Å². The van der Waals surface area contributed by atoms with E-state index in [4.69, 9.17) is 9.47 Å². The quantitative estimate of drug-likeness (QED) is 0.675. The monoisotopic (exact) mass is 442 g/mol. The Balaban J connectivity index is 1.46. The van der Waals surface area contributed by atoms with Gasteiger partial charge < -0.3 is 20.1 Å². The second-order valence-electron chi connectivity index (χ2n) is 8.32. The molecule has 2 aromatic rings. The largest absolute Gasteiger partial charge is 0.483 e. The van der Waals surface area contributed by atoms with E-state index in [2.05, 4.69) is 10.6 Å². The first-order chi connectivity index (χ1) is 15.0. The number of ether oxygens (including phenoxy) is 2. The van der Waals surface area contributed by atoms with E-state index in [1.807, 2.05) is 32.0 Å². The lowest BCUT2D eigenvalue weighted by molar-refractivity contribution is -0.118. The van der Waals surface area contributed by atoms with Crippen LogP contribution in [0.4, 0.5) is 5.00 Å². The highest BCUT2D eigenvalue weighted by Crippen LogP contribution is 2.38. The molecule has 0 unspecified atom stereocenters. The number of rotatable bonds is 7. The first-order valence-corrected chi connectivity index (χ1v) is 11.9. The Hall–Kier alpha value is -2.38. The van der Waals surface area contributed by atoms with Gasteiger partial charge in [0, 0.05) is 18.0 Å². The van der Waals surface area contributed by atoms with Gasteiger partial charge in [-0.05, 0) is 69.1 Å². The van der Waals surface area contributed by atoms with Crippen molar-refractivity contribution in [3.63, 3.8) is 0 Å². The molecular formula is C24H30N2O4S. The zero-order valence-corrected chi connectivity index (χ0v) is 19.0. The van der Waals surface area contributed by atoms with Crippen molar-refractivity contribution in [3.8, 4) is 5.75 Å². The maximum absolute atomic E-state index is 13.1. The first kappa shape index (κ1) is 21.8. The fourth-order valence-corrected chi connectivity index (χ4v) is 5.62. The number of nitrogens with one attached hydrogen (secondary N) is 2. The molecule has 0 saturated carbocycles. The summed E-state index contributed by atoms with van der Waals surface area (Å²) in [6.07, 6.45) is 6.12. The molecule has 1 saturated heterocycles. The standard InChI is InChI=1S/C24H30N2O4S/c1-15-7-5-8-16(2)22(15)30-14-20(27)26-24-21(18-10-3-4-11-19(18)31-24)23(28)25-13-17-9-6-12-29-17/h5,7-8,17H,3-4,6,9-14H2,1-2H3,(H,25,28)(H,26,27)/t17-/m0/s1. The van der Waals surface area contributed by atoms with Crippen LogP contribution >= 0.6 is 11.3 Å². The summed E-state index contributed by atoms with van der Waals surface area (Å²) < 4.78 is 11.4. The van der Waals surface area contributed by atoms with Crippen LogP contribution in [0.15, 0.2) is 18.2 Å². The second kappa shape index (κ2) is 9.83. The fourth-order valence-electron chi connectivity index (χ4n) is 4.32. The summed E-state index contributed by atoms with van der Waals surface area (Å²) in [5, 5.41) is 6.60. The van der Waals surface area contributed by atoms with E-state index >= 15 is 0 Å². The Kier molecular flexibility index (Phi) is 6.92. The Morgan fingerprint density at radius 3 is 2.68 bits per heavy atom. The van der Waals surface area contributed by atoms with E-state index in [0.717, 1.165) is 67.6 Å². The van der Waals surface area contributed by atoms with Gasteiger partial charge in [-0.2, -0.15) is 0 Å². The number of benzene rings is 1. The molecule has 1 fully saturated rings. The van der Waals surface area contributed by atoms with Crippen LogP contribution in [0.25, 0.3) is 0 Å². The number of thiophene rings is 1. The van der Waals surface area contributed by atoms with E-state index in [1.165, 1.54) is 16.2 Å². The molecule has 7 heteroatoms. The van der Waals surface area contributed by atoms with Gasteiger partial charge in [0.1, 0.15) is 10.8 Å². The lowest BCUT2D eigenvalue weighted by Gasteiger charge is -2.15. The normalized spacial score (nSPS) is 17.8. The maximum Gasteiger partial charge on any atom is 0.262 e. The van der Waals surface area contributed by atoms with Gasteiger partial charge in [-0.3, -0.25) is 9.59 Å². The first-order valence-electron chi connectivity index (χ1n) is 11.1. The molecule has 0 bridgehead atoms. The molecule has 31 heavy (non-hydrogen) atoms. The van der Waals surface area contributed by atoms with E-state index in [-0.39, 0.29) is 24.5 Å². The Morgan fingerprint density at radius 1 is 1.16 bits per heavy atom. The van der Waals surface area contributed by atoms with Crippen LogP contribution in [0.3, 0.4) is 0 Å². The number of para-hydroxylation sites is 1. The van der Waals surface area contributed by atoms with Crippen LogP contribution in [0.2, 0.25) is 0 Å². The van der Waals surface area contributed by atoms with E-state index in [0.29, 0.717) is 17.1 Å². The van der Waals surface area contributed by atoms with Gasteiger partial charge in [0.15, 0.2) is 6.61 Å². The number of hydrogen-bond acceptors (Lipinski definition) is 5. The molecule has 0 radical (unpaired) electrons. The number of aryl methyl sites for hydroxylation is 3. The molecule has 1 aromatic carbocycles. The van der Waals surface area contributed by atoms with Crippen molar-refractivity contribution in [2.24, 2.45) is 0 Å². The van der Waals surface area contributed by atoms with Gasteiger partial charge in [-0.1, -0.05) is 18.2 Å². The van der Waals surface area contributed by atoms with Gasteiger partial charge in [-0.15, -0.1) is 11.3 Å². The summed E-state index contributed by atoms with van der Waals surface area (Å²) in [4.78, 5) is 27.0. The molecular weight excluding hydrogens is 412 g/mol. The van der Waals surface area contributed by atoms with Crippen LogP contribution in [0, 0.1) is 13.8 Å². The number of carbonyl (C=O) groups excluding carboxylic acids is 2. The van der Waals surface area contributed by atoms with E-state index < -0.39 is 0 Å². The summed E-state index contributed by atoms with van der Waals surface area (Å²) in [5.41, 5.74) is 3.70. The summed E-state index contributed by atoms with van der Waals surface area (Å²) in [7, 11) is 0. The Labute approximate surface area is 187 Å². The lowest BCUT2D eigenvalue weighted by Crippen LogP contribution is -2.33. The third-order valence-corrected chi connectivity index (χ3v) is 7.13. The minimum absolute atomic E-state index is 0.0854. The lowest BCUT2D eigenvalue weighted by atomic mass is 9.95. The molecule has 2 N–H and O–H groups in total. The Bertz CT molecular complexity index is 942. The number of fused-ring (bicyclic) bond motifs is 1. The number of hydrogen-bond donors (Lipinski definition) is 2. The molecule has 166 valence electrons. The molecule has 6 nitrogen and oxygen atoms in total. The number of anilines is 1. The van der Waals surface area contributed by atoms with Gasteiger partial charge >= 0.3 is 0 Å². The third kappa shape index (κ3) is 5.10. The molecule has 2 heterocycles. The highest BCUT2D eigenvalue weighted by Gasteiger charge is 2.27. The van der Waals surface area contributed by atoms with Crippen LogP contribution < -0.4 is 15.4 Å². The van der Waals surface area contributed by atoms with Crippen LogP contribution in [-0.4, -0.2) is 37.7 Å². The van der Waals surface area contributed by atoms with Crippen molar-refractivity contribution in [1.29, 1.82) is 0 Å². The summed E-state index contributed by atoms with van der Waals surface area (Å²) in [6, 6.07) is 5.89. The van der Waals surface area contributed by atoms with Crippen molar-refractivity contribution < 1.29 is 19.1 Å². The van der Waals surface area contributed by atoms with Crippen LogP contribution in [0.1, 0.15) is 57.6 Å². The second-order valence-corrected chi connectivity index (χ2v) is 9.42. The zero-order valence-electron chi connectivity index (χ0n) is 18.2. The SMILES string of the molecule is Cc1cccc(C)c1OCC(=O)Nc1sc2c(c1C(=O)NC[C@@H]1CCCO1)CCCC2. The van der Waals surface area contributed by atoms with Crippen molar-refractivity contribution >= 4 is 28.2 Å². The maximum atomic E-state index is 13.1. The predicted octanol–water partition coefficient (Wildman–Crippen LogP) is 4.17.